The molecule has 1 aromatic rings. The van der Waals surface area contributed by atoms with Gasteiger partial charge in [-0.25, -0.2) is 4.79 Å². The van der Waals surface area contributed by atoms with Crippen LogP contribution in [-0.2, 0) is 9.53 Å². The van der Waals surface area contributed by atoms with Crippen LogP contribution in [0, 0.1) is 23.7 Å². The standard InChI is InChI=1S/C19H18O3/c1-14(2)22-19(21)17-13-12-16-10-7-6-9-15(16)8-4-3-5-11-18(17)20/h6-7,9-10,14,20H,3,5,11H2,1-2H3/b18-17-. The number of aliphatic hydroxyl groups excluding tert-OH is 1. The predicted molar refractivity (Wildman–Crippen MR) is 84.9 cm³/mol. The molecule has 0 saturated carbocycles. The molecule has 1 aromatic carbocycles. The number of benzene rings is 1. The van der Waals surface area contributed by atoms with Crippen LogP contribution in [0.5, 0.6) is 0 Å². The third-order valence-electron chi connectivity index (χ3n) is 3.02. The molecule has 1 aliphatic rings. The van der Waals surface area contributed by atoms with Crippen molar-refractivity contribution in [2.75, 3.05) is 0 Å². The highest BCUT2D eigenvalue weighted by molar-refractivity contribution is 5.94. The van der Waals surface area contributed by atoms with Gasteiger partial charge >= 0.3 is 5.97 Å². The van der Waals surface area contributed by atoms with Gasteiger partial charge in [0.2, 0.25) is 0 Å². The van der Waals surface area contributed by atoms with Gasteiger partial charge < -0.3 is 9.84 Å². The lowest BCUT2D eigenvalue weighted by Gasteiger charge is -2.09. The van der Waals surface area contributed by atoms with Gasteiger partial charge in [0.05, 0.1) is 6.10 Å². The molecule has 0 amide bonds. The molecule has 0 atom stereocenters. The third-order valence-corrected chi connectivity index (χ3v) is 3.02. The molecule has 1 aliphatic carbocycles. The van der Waals surface area contributed by atoms with Crippen molar-refractivity contribution in [3.63, 3.8) is 0 Å². The van der Waals surface area contributed by atoms with Crippen LogP contribution in [0.3, 0.4) is 0 Å². The molecule has 0 aromatic heterocycles. The van der Waals surface area contributed by atoms with E-state index in [0.717, 1.165) is 11.1 Å². The van der Waals surface area contributed by atoms with Crippen LogP contribution in [0.15, 0.2) is 35.6 Å². The number of aliphatic hydroxyl groups is 1. The zero-order chi connectivity index (χ0) is 15.9. The van der Waals surface area contributed by atoms with Crippen LogP contribution < -0.4 is 0 Å². The number of hydrogen-bond donors (Lipinski definition) is 1. The molecule has 0 heterocycles. The number of hydrogen-bond acceptors (Lipinski definition) is 3. The lowest BCUT2D eigenvalue weighted by atomic mass is 10.1. The first-order valence-corrected chi connectivity index (χ1v) is 7.31. The summed E-state index contributed by atoms with van der Waals surface area (Å²) in [5, 5.41) is 10.1. The molecule has 0 fully saturated rings. The van der Waals surface area contributed by atoms with Crippen LogP contribution in [0.1, 0.15) is 44.2 Å². The molecule has 0 unspecified atom stereocenters. The normalized spacial score (nSPS) is 17.2. The first kappa shape index (κ1) is 15.7. The van der Waals surface area contributed by atoms with E-state index in [1.807, 2.05) is 24.3 Å². The van der Waals surface area contributed by atoms with Gasteiger partial charge in [-0.05, 0) is 32.4 Å². The van der Waals surface area contributed by atoms with Crippen molar-refractivity contribution in [1.29, 1.82) is 0 Å². The average Bonchev–Trinajstić information content (AvgIpc) is 2.50. The van der Waals surface area contributed by atoms with E-state index in [-0.39, 0.29) is 17.4 Å². The van der Waals surface area contributed by atoms with E-state index in [1.165, 1.54) is 0 Å². The summed E-state index contributed by atoms with van der Waals surface area (Å²) in [7, 11) is 0. The van der Waals surface area contributed by atoms with Gasteiger partial charge in [-0.3, -0.25) is 0 Å². The largest absolute Gasteiger partial charge is 0.511 e. The van der Waals surface area contributed by atoms with Gasteiger partial charge in [0, 0.05) is 24.0 Å². The highest BCUT2D eigenvalue weighted by Crippen LogP contribution is 2.14. The molecule has 3 nitrogen and oxygen atoms in total. The summed E-state index contributed by atoms with van der Waals surface area (Å²) in [6.45, 7) is 3.52. The Bertz CT molecular complexity index is 718. The molecule has 1 N–H and O–H groups in total. The minimum atomic E-state index is -0.586. The minimum absolute atomic E-state index is 0.0284. The van der Waals surface area contributed by atoms with E-state index in [2.05, 4.69) is 23.7 Å². The van der Waals surface area contributed by atoms with Crippen molar-refractivity contribution in [1.82, 2.24) is 0 Å². The molecular weight excluding hydrogens is 276 g/mol. The van der Waals surface area contributed by atoms with Crippen molar-refractivity contribution in [3.8, 4) is 23.7 Å². The Labute approximate surface area is 131 Å². The molecule has 0 radical (unpaired) electrons. The van der Waals surface area contributed by atoms with Crippen molar-refractivity contribution < 1.29 is 14.6 Å². The zero-order valence-electron chi connectivity index (χ0n) is 12.8. The molecule has 22 heavy (non-hydrogen) atoms. The van der Waals surface area contributed by atoms with Gasteiger partial charge in [0.1, 0.15) is 11.3 Å². The quantitative estimate of drug-likeness (QED) is 0.672. The summed E-state index contributed by atoms with van der Waals surface area (Å²) in [4.78, 5) is 12.1. The number of carbonyl (C=O) groups excluding carboxylic acids is 1. The number of ether oxygens (including phenoxy) is 1. The second-order valence-electron chi connectivity index (χ2n) is 5.23. The topological polar surface area (TPSA) is 46.5 Å². The predicted octanol–water partition coefficient (Wildman–Crippen LogP) is 3.34. The smallest absolute Gasteiger partial charge is 0.350 e. The number of esters is 1. The first-order chi connectivity index (χ1) is 10.6. The maximum absolute atomic E-state index is 12.1. The highest BCUT2D eigenvalue weighted by Gasteiger charge is 2.16. The molecule has 0 spiro atoms. The number of carbonyl (C=O) groups is 1. The van der Waals surface area contributed by atoms with Crippen molar-refractivity contribution in [2.45, 2.75) is 39.2 Å². The van der Waals surface area contributed by atoms with Gasteiger partial charge in [0.15, 0.2) is 0 Å². The summed E-state index contributed by atoms with van der Waals surface area (Å²) >= 11 is 0. The summed E-state index contributed by atoms with van der Waals surface area (Å²) in [5.41, 5.74) is 1.60. The van der Waals surface area contributed by atoms with Gasteiger partial charge in [-0.2, -0.15) is 0 Å². The average molecular weight is 294 g/mol. The fourth-order valence-electron chi connectivity index (χ4n) is 1.97. The van der Waals surface area contributed by atoms with Crippen molar-refractivity contribution >= 4 is 5.97 Å². The van der Waals surface area contributed by atoms with Crippen molar-refractivity contribution in [3.05, 3.63) is 46.7 Å². The van der Waals surface area contributed by atoms with E-state index in [1.54, 1.807) is 13.8 Å². The molecular formula is C19H18O3. The van der Waals surface area contributed by atoms with Crippen LogP contribution in [-0.4, -0.2) is 17.2 Å². The second kappa shape index (κ2) is 7.38. The third kappa shape index (κ3) is 4.17. The van der Waals surface area contributed by atoms with Crippen LogP contribution in [0.4, 0.5) is 0 Å². The van der Waals surface area contributed by atoms with E-state index < -0.39 is 5.97 Å². The van der Waals surface area contributed by atoms with E-state index in [4.69, 9.17) is 4.74 Å². The lowest BCUT2D eigenvalue weighted by Crippen LogP contribution is -2.14. The molecule has 112 valence electrons. The van der Waals surface area contributed by atoms with Gasteiger partial charge in [0.25, 0.3) is 0 Å². The summed E-state index contributed by atoms with van der Waals surface area (Å²) < 4.78 is 5.16. The second-order valence-corrected chi connectivity index (χ2v) is 5.23. The maximum atomic E-state index is 12.1. The summed E-state index contributed by atoms with van der Waals surface area (Å²) in [5.74, 6) is 11.2. The number of allylic oxidation sites excluding steroid dienone is 1. The number of fused-ring (bicyclic) bond motifs is 1. The molecule has 2 rings (SSSR count). The van der Waals surface area contributed by atoms with Crippen molar-refractivity contribution in [2.24, 2.45) is 0 Å². The fourth-order valence-corrected chi connectivity index (χ4v) is 1.97. The van der Waals surface area contributed by atoms with E-state index >= 15 is 0 Å². The highest BCUT2D eigenvalue weighted by atomic mass is 16.5. The Kier molecular flexibility index (Phi) is 5.28. The summed E-state index contributed by atoms with van der Waals surface area (Å²) in [6, 6.07) is 7.50. The Balaban J connectivity index is 2.45. The Morgan fingerprint density at radius 2 is 1.86 bits per heavy atom. The molecule has 0 aliphatic heterocycles. The SMILES string of the molecule is CC(C)OC(=O)/C1=C(\O)CCCC#Cc2ccccc2C#C1. The first-order valence-electron chi connectivity index (χ1n) is 7.31. The zero-order valence-corrected chi connectivity index (χ0v) is 12.8. The fraction of sp³-hybridized carbons (Fsp3) is 0.316. The van der Waals surface area contributed by atoms with E-state index in [9.17, 15) is 9.90 Å². The van der Waals surface area contributed by atoms with Gasteiger partial charge in [-0.1, -0.05) is 35.8 Å². The molecule has 0 bridgehead atoms. The van der Waals surface area contributed by atoms with Crippen LogP contribution in [0.25, 0.3) is 0 Å². The minimum Gasteiger partial charge on any atom is -0.511 e. The maximum Gasteiger partial charge on any atom is 0.350 e. The Morgan fingerprint density at radius 3 is 2.55 bits per heavy atom. The molecule has 3 heteroatoms. The Hall–Kier alpha value is -2.65. The lowest BCUT2D eigenvalue weighted by molar-refractivity contribution is -0.142. The Morgan fingerprint density at radius 1 is 1.18 bits per heavy atom. The van der Waals surface area contributed by atoms with E-state index in [0.29, 0.717) is 19.3 Å². The van der Waals surface area contributed by atoms with Gasteiger partial charge in [-0.15, -0.1) is 0 Å². The summed E-state index contributed by atoms with van der Waals surface area (Å²) in [6.07, 6.45) is 1.41. The van der Waals surface area contributed by atoms with Crippen LogP contribution >= 0.6 is 0 Å². The number of rotatable bonds is 2. The van der Waals surface area contributed by atoms with Crippen LogP contribution in [0.2, 0.25) is 0 Å². The molecule has 0 saturated heterocycles. The monoisotopic (exact) mass is 294 g/mol.